The third-order valence-corrected chi connectivity index (χ3v) is 3.34. The number of rotatable bonds is 2. The van der Waals surface area contributed by atoms with Crippen LogP contribution in [0, 0.1) is 13.8 Å². The molecule has 0 saturated carbocycles. The molecule has 1 aromatic carbocycles. The topological polar surface area (TPSA) is 30.9 Å². The first-order chi connectivity index (χ1) is 7.54. The number of benzene rings is 1. The predicted molar refractivity (Wildman–Crippen MR) is 69.9 cm³/mol. The zero-order valence-corrected chi connectivity index (χ0v) is 10.5. The van der Waals surface area contributed by atoms with Crippen LogP contribution in [0.25, 0.3) is 10.9 Å². The molecule has 86 valence electrons. The quantitative estimate of drug-likeness (QED) is 0.822. The van der Waals surface area contributed by atoms with Crippen LogP contribution in [0.3, 0.4) is 0 Å². The highest BCUT2D eigenvalue weighted by molar-refractivity contribution is 5.88. The first kappa shape index (κ1) is 11.2. The van der Waals surface area contributed by atoms with Gasteiger partial charge in [-0.1, -0.05) is 13.0 Å². The monoisotopic (exact) mass is 216 g/mol. The van der Waals surface area contributed by atoms with Crippen molar-refractivity contribution in [1.82, 2.24) is 4.57 Å². The standard InChI is InChI=1S/C14H20N2/c1-9-5-10(2)14-12(11(3)7-15)8-16(4)13(14)6-9/h5-6,8,11H,7,15H2,1-4H3. The zero-order chi connectivity index (χ0) is 11.9. The summed E-state index contributed by atoms with van der Waals surface area (Å²) in [5, 5.41) is 1.38. The molecule has 1 aromatic heterocycles. The van der Waals surface area contributed by atoms with Crippen molar-refractivity contribution in [3.05, 3.63) is 35.0 Å². The molecular weight excluding hydrogens is 196 g/mol. The van der Waals surface area contributed by atoms with E-state index in [4.69, 9.17) is 5.73 Å². The van der Waals surface area contributed by atoms with E-state index in [0.29, 0.717) is 12.5 Å². The molecule has 0 saturated heterocycles. The maximum atomic E-state index is 5.78. The Morgan fingerprint density at radius 2 is 2.00 bits per heavy atom. The minimum Gasteiger partial charge on any atom is -0.350 e. The maximum absolute atomic E-state index is 5.78. The van der Waals surface area contributed by atoms with Crippen molar-refractivity contribution in [1.29, 1.82) is 0 Å². The second-order valence-electron chi connectivity index (χ2n) is 4.81. The Kier molecular flexibility index (Phi) is 2.76. The van der Waals surface area contributed by atoms with Gasteiger partial charge in [0.25, 0.3) is 0 Å². The Morgan fingerprint density at radius 1 is 1.31 bits per heavy atom. The molecule has 2 rings (SSSR count). The molecule has 0 radical (unpaired) electrons. The summed E-state index contributed by atoms with van der Waals surface area (Å²) in [6, 6.07) is 4.49. The molecule has 2 heteroatoms. The summed E-state index contributed by atoms with van der Waals surface area (Å²) in [5.41, 5.74) is 11.1. The zero-order valence-electron chi connectivity index (χ0n) is 10.5. The molecule has 0 spiro atoms. The summed E-state index contributed by atoms with van der Waals surface area (Å²) < 4.78 is 2.21. The van der Waals surface area contributed by atoms with Gasteiger partial charge in [-0.15, -0.1) is 0 Å². The summed E-state index contributed by atoms with van der Waals surface area (Å²) in [7, 11) is 2.11. The van der Waals surface area contributed by atoms with E-state index in [-0.39, 0.29) is 0 Å². The highest BCUT2D eigenvalue weighted by atomic mass is 14.9. The molecule has 1 heterocycles. The molecule has 0 aliphatic rings. The predicted octanol–water partition coefficient (Wildman–Crippen LogP) is 2.86. The van der Waals surface area contributed by atoms with Gasteiger partial charge in [0, 0.05) is 24.1 Å². The lowest BCUT2D eigenvalue weighted by molar-refractivity contribution is 0.773. The first-order valence-electron chi connectivity index (χ1n) is 5.80. The van der Waals surface area contributed by atoms with Crippen molar-refractivity contribution in [3.8, 4) is 0 Å². The van der Waals surface area contributed by atoms with Crippen molar-refractivity contribution in [2.45, 2.75) is 26.7 Å². The third kappa shape index (κ3) is 1.63. The molecule has 0 bridgehead atoms. The molecule has 2 N–H and O–H groups in total. The molecule has 1 atom stereocenters. The van der Waals surface area contributed by atoms with E-state index in [2.05, 4.69) is 50.7 Å². The molecule has 1 unspecified atom stereocenters. The highest BCUT2D eigenvalue weighted by Crippen LogP contribution is 2.30. The van der Waals surface area contributed by atoms with Crippen LogP contribution >= 0.6 is 0 Å². The fourth-order valence-electron chi connectivity index (χ4n) is 2.44. The molecular formula is C14H20N2. The summed E-state index contributed by atoms with van der Waals surface area (Å²) in [5.74, 6) is 0.421. The van der Waals surface area contributed by atoms with Gasteiger partial charge in [-0.05, 0) is 49.1 Å². The van der Waals surface area contributed by atoms with Crippen LogP contribution in [0.2, 0.25) is 0 Å². The summed E-state index contributed by atoms with van der Waals surface area (Å²) in [6.07, 6.45) is 2.22. The largest absolute Gasteiger partial charge is 0.350 e. The van der Waals surface area contributed by atoms with Crippen LogP contribution in [0.5, 0.6) is 0 Å². The molecule has 0 aliphatic carbocycles. The lowest BCUT2D eigenvalue weighted by Gasteiger charge is -2.08. The van der Waals surface area contributed by atoms with Crippen molar-refractivity contribution < 1.29 is 0 Å². The third-order valence-electron chi connectivity index (χ3n) is 3.34. The fraction of sp³-hybridized carbons (Fsp3) is 0.429. The van der Waals surface area contributed by atoms with Crippen LogP contribution < -0.4 is 5.73 Å². The Labute approximate surface area is 97.1 Å². The fourth-order valence-corrected chi connectivity index (χ4v) is 2.44. The Hall–Kier alpha value is -1.28. The van der Waals surface area contributed by atoms with E-state index in [0.717, 1.165) is 0 Å². The van der Waals surface area contributed by atoms with E-state index in [1.54, 1.807) is 0 Å². The van der Waals surface area contributed by atoms with Crippen LogP contribution in [-0.4, -0.2) is 11.1 Å². The Balaban J connectivity index is 2.78. The normalized spacial score (nSPS) is 13.3. The number of hydrogen-bond acceptors (Lipinski definition) is 1. The lowest BCUT2D eigenvalue weighted by atomic mass is 9.97. The van der Waals surface area contributed by atoms with E-state index in [1.165, 1.54) is 27.6 Å². The second-order valence-corrected chi connectivity index (χ2v) is 4.81. The molecule has 0 amide bonds. The van der Waals surface area contributed by atoms with Gasteiger partial charge in [0.05, 0.1) is 0 Å². The molecule has 2 aromatic rings. The number of fused-ring (bicyclic) bond motifs is 1. The average molecular weight is 216 g/mol. The number of hydrogen-bond donors (Lipinski definition) is 1. The van der Waals surface area contributed by atoms with Gasteiger partial charge in [-0.25, -0.2) is 0 Å². The van der Waals surface area contributed by atoms with Crippen LogP contribution in [0.4, 0.5) is 0 Å². The Morgan fingerprint density at radius 3 is 2.62 bits per heavy atom. The number of aromatic nitrogens is 1. The maximum Gasteiger partial charge on any atom is 0.0486 e. The lowest BCUT2D eigenvalue weighted by Crippen LogP contribution is -2.08. The molecule has 0 aliphatic heterocycles. The van der Waals surface area contributed by atoms with Crippen LogP contribution in [-0.2, 0) is 7.05 Å². The number of nitrogens with zero attached hydrogens (tertiary/aromatic N) is 1. The van der Waals surface area contributed by atoms with Crippen LogP contribution in [0.1, 0.15) is 29.5 Å². The number of nitrogens with two attached hydrogens (primary N) is 1. The molecule has 2 nitrogen and oxygen atoms in total. The highest BCUT2D eigenvalue weighted by Gasteiger charge is 2.13. The van der Waals surface area contributed by atoms with Crippen molar-refractivity contribution >= 4 is 10.9 Å². The van der Waals surface area contributed by atoms with Gasteiger partial charge in [0.2, 0.25) is 0 Å². The van der Waals surface area contributed by atoms with Gasteiger partial charge in [0.1, 0.15) is 0 Å². The summed E-state index contributed by atoms with van der Waals surface area (Å²) >= 11 is 0. The van der Waals surface area contributed by atoms with Gasteiger partial charge >= 0.3 is 0 Å². The van der Waals surface area contributed by atoms with E-state index >= 15 is 0 Å². The summed E-state index contributed by atoms with van der Waals surface area (Å²) in [4.78, 5) is 0. The minimum absolute atomic E-state index is 0.421. The van der Waals surface area contributed by atoms with Crippen molar-refractivity contribution in [3.63, 3.8) is 0 Å². The van der Waals surface area contributed by atoms with Gasteiger partial charge < -0.3 is 10.3 Å². The summed E-state index contributed by atoms with van der Waals surface area (Å²) in [6.45, 7) is 7.22. The van der Waals surface area contributed by atoms with Gasteiger partial charge in [-0.2, -0.15) is 0 Å². The van der Waals surface area contributed by atoms with Crippen molar-refractivity contribution in [2.24, 2.45) is 12.8 Å². The van der Waals surface area contributed by atoms with E-state index < -0.39 is 0 Å². The Bertz CT molecular complexity index is 523. The SMILES string of the molecule is Cc1cc(C)c2c(C(C)CN)cn(C)c2c1. The van der Waals surface area contributed by atoms with Gasteiger partial charge in [-0.3, -0.25) is 0 Å². The molecule has 16 heavy (non-hydrogen) atoms. The van der Waals surface area contributed by atoms with Crippen LogP contribution in [0.15, 0.2) is 18.3 Å². The number of aryl methyl sites for hydroxylation is 3. The average Bonchev–Trinajstić information content (AvgIpc) is 2.55. The smallest absolute Gasteiger partial charge is 0.0486 e. The van der Waals surface area contributed by atoms with E-state index in [1.807, 2.05) is 0 Å². The minimum atomic E-state index is 0.421. The molecule has 0 fully saturated rings. The van der Waals surface area contributed by atoms with Gasteiger partial charge in [0.15, 0.2) is 0 Å². The second kappa shape index (κ2) is 3.95. The first-order valence-corrected chi connectivity index (χ1v) is 5.80. The van der Waals surface area contributed by atoms with E-state index in [9.17, 15) is 0 Å². The van der Waals surface area contributed by atoms with Crippen molar-refractivity contribution in [2.75, 3.05) is 6.54 Å².